The Morgan fingerprint density at radius 1 is 1.07 bits per heavy atom. The van der Waals surface area contributed by atoms with E-state index in [0.29, 0.717) is 43.1 Å². The van der Waals surface area contributed by atoms with Crippen LogP contribution in [0.2, 0.25) is 0 Å². The van der Waals surface area contributed by atoms with E-state index in [0.717, 1.165) is 24.0 Å². The lowest BCUT2D eigenvalue weighted by Gasteiger charge is -2.36. The molecule has 0 aromatic heterocycles. The Labute approximate surface area is 276 Å². The molecule has 10 heteroatoms. The van der Waals surface area contributed by atoms with Crippen LogP contribution >= 0.6 is 0 Å². The van der Waals surface area contributed by atoms with Crippen molar-refractivity contribution in [3.05, 3.63) is 41.5 Å². The van der Waals surface area contributed by atoms with Gasteiger partial charge in [0.05, 0.1) is 47.1 Å². The van der Waals surface area contributed by atoms with E-state index in [1.54, 1.807) is 24.3 Å². The molecule has 0 radical (unpaired) electrons. The topological polar surface area (TPSA) is 114 Å². The van der Waals surface area contributed by atoms with E-state index in [4.69, 9.17) is 23.7 Å². The van der Waals surface area contributed by atoms with Gasteiger partial charge in [0.25, 0.3) is 0 Å². The van der Waals surface area contributed by atoms with Gasteiger partial charge in [-0.1, -0.05) is 51.0 Å². The molecule has 3 rings (SSSR count). The van der Waals surface area contributed by atoms with Gasteiger partial charge in [-0.2, -0.15) is 0 Å². The van der Waals surface area contributed by atoms with Gasteiger partial charge in [0.1, 0.15) is 13.2 Å². The zero-order chi connectivity index (χ0) is 34.1. The van der Waals surface area contributed by atoms with Gasteiger partial charge < -0.3 is 23.7 Å². The standard InChI is InChI=1S/C36H56O9S/c1-9-24(2)18-31-26(4)30(23-46(39,40)28-15-11-10-12-16-28)33(45-31)20-32-29(21-43-34(37)22-41-8)25(3)19-27(44-32)14-13-17-42-35(38)36(5,6)7/h10-12,15-16,24,26-27,30-33H,9,13-14,17-23H2,1-8H3/t24-,26-,27+,30-,31-,32?,33+/m1/s1. The first-order chi connectivity index (χ1) is 21.7. The highest BCUT2D eigenvalue weighted by Crippen LogP contribution is 2.42. The number of esters is 2. The summed E-state index contributed by atoms with van der Waals surface area (Å²) in [4.78, 5) is 24.8. The summed E-state index contributed by atoms with van der Waals surface area (Å²) < 4.78 is 56.6. The van der Waals surface area contributed by atoms with Crippen molar-refractivity contribution in [3.8, 4) is 0 Å². The Hall–Kier alpha value is -2.27. The molecule has 0 saturated carbocycles. The second kappa shape index (κ2) is 17.2. The third-order valence-corrected chi connectivity index (χ3v) is 11.2. The quantitative estimate of drug-likeness (QED) is 0.113. The third-order valence-electron chi connectivity index (χ3n) is 9.38. The minimum Gasteiger partial charge on any atom is -0.465 e. The maximum atomic E-state index is 13.6. The minimum atomic E-state index is -3.56. The highest BCUT2D eigenvalue weighted by molar-refractivity contribution is 7.91. The Kier molecular flexibility index (Phi) is 14.3. The number of hydrogen-bond donors (Lipinski definition) is 0. The Bertz CT molecular complexity index is 1270. The summed E-state index contributed by atoms with van der Waals surface area (Å²) in [5.41, 5.74) is 1.40. The number of carbonyl (C=O) groups excluding carboxylic acids is 2. The number of hydrogen-bond acceptors (Lipinski definition) is 9. The van der Waals surface area contributed by atoms with Crippen LogP contribution in [0.1, 0.15) is 87.0 Å². The SMILES string of the molecule is CC[C@@H](C)C[C@H]1O[C@@H](CC2O[C@@H](CCCOC(=O)C(C)(C)C)CC(C)=C2COC(=O)COC)[C@H](CS(=O)(=O)c2ccccc2)[C@H]1C. The van der Waals surface area contributed by atoms with Crippen molar-refractivity contribution in [2.45, 2.75) is 116 Å². The zero-order valence-corrected chi connectivity index (χ0v) is 29.9. The number of ether oxygens (including phenoxy) is 5. The minimum absolute atomic E-state index is 0.0179. The van der Waals surface area contributed by atoms with Crippen LogP contribution in [-0.4, -0.2) is 77.5 Å². The van der Waals surface area contributed by atoms with Crippen molar-refractivity contribution in [3.63, 3.8) is 0 Å². The van der Waals surface area contributed by atoms with E-state index < -0.39 is 27.3 Å². The molecule has 1 saturated heterocycles. The maximum absolute atomic E-state index is 13.6. The van der Waals surface area contributed by atoms with Gasteiger partial charge in [-0.25, -0.2) is 13.2 Å². The van der Waals surface area contributed by atoms with E-state index in [-0.39, 0.29) is 55.1 Å². The molecule has 2 aliphatic rings. The lowest BCUT2D eigenvalue weighted by atomic mass is 9.83. The molecule has 2 aliphatic heterocycles. The summed E-state index contributed by atoms with van der Waals surface area (Å²) in [6, 6.07) is 8.60. The van der Waals surface area contributed by atoms with Crippen LogP contribution in [0, 0.1) is 23.2 Å². The average molecular weight is 665 g/mol. The van der Waals surface area contributed by atoms with Crippen molar-refractivity contribution >= 4 is 21.8 Å². The van der Waals surface area contributed by atoms with Crippen molar-refractivity contribution < 1.29 is 41.7 Å². The van der Waals surface area contributed by atoms with E-state index in [2.05, 4.69) is 20.8 Å². The van der Waals surface area contributed by atoms with Crippen molar-refractivity contribution in [2.75, 3.05) is 32.7 Å². The van der Waals surface area contributed by atoms with Gasteiger partial charge in [0, 0.05) is 19.4 Å². The monoisotopic (exact) mass is 664 g/mol. The van der Waals surface area contributed by atoms with Crippen LogP contribution in [0.25, 0.3) is 0 Å². The van der Waals surface area contributed by atoms with Crippen LogP contribution in [0.15, 0.2) is 46.4 Å². The number of sulfone groups is 1. The number of rotatable bonds is 16. The summed E-state index contributed by atoms with van der Waals surface area (Å²) in [7, 11) is -2.12. The predicted molar refractivity (Wildman–Crippen MR) is 177 cm³/mol. The van der Waals surface area contributed by atoms with Gasteiger partial charge >= 0.3 is 11.9 Å². The maximum Gasteiger partial charge on any atom is 0.332 e. The van der Waals surface area contributed by atoms with E-state index >= 15 is 0 Å². The molecular formula is C36H56O9S. The largest absolute Gasteiger partial charge is 0.465 e. The van der Waals surface area contributed by atoms with E-state index in [1.807, 2.05) is 33.8 Å². The molecule has 1 aromatic rings. The van der Waals surface area contributed by atoms with Gasteiger partial charge in [-0.15, -0.1) is 0 Å². The number of carbonyl (C=O) groups is 2. The lowest BCUT2D eigenvalue weighted by Crippen LogP contribution is -2.38. The van der Waals surface area contributed by atoms with Crippen LogP contribution < -0.4 is 0 Å². The molecule has 9 nitrogen and oxygen atoms in total. The van der Waals surface area contributed by atoms with Crippen molar-refractivity contribution in [2.24, 2.45) is 23.2 Å². The smallest absolute Gasteiger partial charge is 0.332 e. The molecule has 0 amide bonds. The fraction of sp³-hybridized carbons (Fsp3) is 0.722. The molecule has 46 heavy (non-hydrogen) atoms. The first-order valence-corrected chi connectivity index (χ1v) is 18.4. The summed E-state index contributed by atoms with van der Waals surface area (Å²) in [5.74, 6) is -0.480. The van der Waals surface area contributed by atoms with Crippen molar-refractivity contribution in [1.82, 2.24) is 0 Å². The summed E-state index contributed by atoms with van der Waals surface area (Å²) >= 11 is 0. The van der Waals surface area contributed by atoms with Crippen molar-refractivity contribution in [1.29, 1.82) is 0 Å². The predicted octanol–water partition coefficient (Wildman–Crippen LogP) is 6.34. The molecule has 2 heterocycles. The summed E-state index contributed by atoms with van der Waals surface area (Å²) in [6.45, 7) is 14.2. The highest BCUT2D eigenvalue weighted by atomic mass is 32.2. The fourth-order valence-corrected chi connectivity index (χ4v) is 8.07. The summed E-state index contributed by atoms with van der Waals surface area (Å²) in [6.07, 6.45) is 3.33. The highest BCUT2D eigenvalue weighted by Gasteiger charge is 2.46. The first-order valence-electron chi connectivity index (χ1n) is 16.7. The summed E-state index contributed by atoms with van der Waals surface area (Å²) in [5, 5.41) is 0. The average Bonchev–Trinajstić information content (AvgIpc) is 3.27. The van der Waals surface area contributed by atoms with Crippen LogP contribution in [0.4, 0.5) is 0 Å². The molecule has 0 bridgehead atoms. The second-order valence-electron chi connectivity index (χ2n) is 14.2. The van der Waals surface area contributed by atoms with Gasteiger partial charge in [-0.05, 0) is 82.9 Å². The fourth-order valence-electron chi connectivity index (χ4n) is 6.28. The molecule has 260 valence electrons. The molecular weight excluding hydrogens is 608 g/mol. The Morgan fingerprint density at radius 2 is 1.76 bits per heavy atom. The zero-order valence-electron chi connectivity index (χ0n) is 29.1. The van der Waals surface area contributed by atoms with Crippen LogP contribution in [0.3, 0.4) is 0 Å². The molecule has 7 atom stereocenters. The second-order valence-corrected chi connectivity index (χ2v) is 16.2. The lowest BCUT2D eigenvalue weighted by molar-refractivity contribution is -0.153. The molecule has 1 aromatic carbocycles. The van der Waals surface area contributed by atoms with Gasteiger partial charge in [0.15, 0.2) is 9.84 Å². The number of methoxy groups -OCH3 is 1. The molecule has 1 unspecified atom stereocenters. The normalized spacial score (nSPS) is 26.2. The molecule has 1 fully saturated rings. The molecule has 0 spiro atoms. The number of benzene rings is 1. The third kappa shape index (κ3) is 10.9. The Morgan fingerprint density at radius 3 is 2.39 bits per heavy atom. The van der Waals surface area contributed by atoms with Crippen LogP contribution in [-0.2, 0) is 43.1 Å². The molecule has 0 N–H and O–H groups in total. The Balaban J connectivity index is 1.83. The van der Waals surface area contributed by atoms with Gasteiger partial charge in [-0.3, -0.25) is 4.79 Å². The first kappa shape index (κ1) is 38.2. The molecule has 0 aliphatic carbocycles. The van der Waals surface area contributed by atoms with Gasteiger partial charge in [0.2, 0.25) is 0 Å². The van der Waals surface area contributed by atoms with E-state index in [1.165, 1.54) is 7.11 Å². The van der Waals surface area contributed by atoms with Crippen LogP contribution in [0.5, 0.6) is 0 Å². The van der Waals surface area contributed by atoms with E-state index in [9.17, 15) is 18.0 Å².